The van der Waals surface area contributed by atoms with Crippen molar-refractivity contribution in [2.75, 3.05) is 24.5 Å². The van der Waals surface area contributed by atoms with Gasteiger partial charge in [0.1, 0.15) is 5.82 Å². The molecule has 21 heavy (non-hydrogen) atoms. The molecule has 2 aromatic rings. The van der Waals surface area contributed by atoms with Crippen molar-refractivity contribution >= 4 is 5.82 Å². The van der Waals surface area contributed by atoms with Crippen LogP contribution in [0.5, 0.6) is 0 Å². The lowest BCUT2D eigenvalue weighted by molar-refractivity contribution is 0.180. The van der Waals surface area contributed by atoms with E-state index in [4.69, 9.17) is 0 Å². The van der Waals surface area contributed by atoms with E-state index >= 15 is 0 Å². The molecule has 4 nitrogen and oxygen atoms in total. The lowest BCUT2D eigenvalue weighted by Crippen LogP contribution is -2.51. The van der Waals surface area contributed by atoms with E-state index in [1.54, 1.807) is 0 Å². The van der Waals surface area contributed by atoms with E-state index in [0.29, 0.717) is 6.04 Å². The van der Waals surface area contributed by atoms with Crippen LogP contribution >= 0.6 is 0 Å². The summed E-state index contributed by atoms with van der Waals surface area (Å²) < 4.78 is 0. The van der Waals surface area contributed by atoms with Crippen LogP contribution < -0.4 is 4.90 Å². The Balaban J connectivity index is 1.64. The number of anilines is 1. The Hall–Kier alpha value is -1.94. The van der Waals surface area contributed by atoms with Gasteiger partial charge in [-0.3, -0.25) is 9.88 Å². The molecule has 1 aliphatic rings. The topological polar surface area (TPSA) is 32.3 Å². The van der Waals surface area contributed by atoms with Gasteiger partial charge in [-0.2, -0.15) is 0 Å². The van der Waals surface area contributed by atoms with Crippen molar-refractivity contribution in [1.29, 1.82) is 0 Å². The van der Waals surface area contributed by atoms with Crippen LogP contribution in [-0.2, 0) is 6.54 Å². The molecule has 0 amide bonds. The van der Waals surface area contributed by atoms with Crippen LogP contribution in [0.1, 0.15) is 18.2 Å². The maximum absolute atomic E-state index is 4.64. The van der Waals surface area contributed by atoms with Gasteiger partial charge in [0, 0.05) is 50.3 Å². The van der Waals surface area contributed by atoms with Crippen molar-refractivity contribution in [3.8, 4) is 0 Å². The van der Waals surface area contributed by atoms with Crippen LogP contribution in [0.15, 0.2) is 42.7 Å². The van der Waals surface area contributed by atoms with Crippen LogP contribution in [0.4, 0.5) is 5.82 Å². The predicted octanol–water partition coefficient (Wildman–Crippen LogP) is 2.50. The molecule has 1 saturated heterocycles. The van der Waals surface area contributed by atoms with E-state index in [1.807, 2.05) is 31.5 Å². The second-order valence-corrected chi connectivity index (χ2v) is 5.76. The molecular formula is C17H22N4. The van der Waals surface area contributed by atoms with E-state index in [2.05, 4.69) is 44.9 Å². The van der Waals surface area contributed by atoms with Gasteiger partial charge in [0.05, 0.1) is 0 Å². The van der Waals surface area contributed by atoms with Crippen molar-refractivity contribution in [1.82, 2.24) is 14.9 Å². The first-order valence-electron chi connectivity index (χ1n) is 7.54. The molecule has 0 unspecified atom stereocenters. The summed E-state index contributed by atoms with van der Waals surface area (Å²) in [6.07, 6.45) is 3.79. The second kappa shape index (κ2) is 6.22. The number of aromatic nitrogens is 2. The summed E-state index contributed by atoms with van der Waals surface area (Å²) in [6.45, 7) is 8.43. The Labute approximate surface area is 126 Å². The Kier molecular flexibility index (Phi) is 4.15. The molecule has 0 aromatic carbocycles. The molecule has 0 spiro atoms. The Bertz CT molecular complexity index is 584. The van der Waals surface area contributed by atoms with Gasteiger partial charge in [0.2, 0.25) is 0 Å². The molecule has 0 saturated carbocycles. The smallest absolute Gasteiger partial charge is 0.128 e. The molecule has 2 aromatic heterocycles. The average Bonchev–Trinajstić information content (AvgIpc) is 2.50. The number of rotatable bonds is 3. The number of pyridine rings is 2. The average molecular weight is 282 g/mol. The van der Waals surface area contributed by atoms with Crippen LogP contribution in [0, 0.1) is 6.92 Å². The molecule has 3 rings (SSSR count). The maximum atomic E-state index is 4.64. The summed E-state index contributed by atoms with van der Waals surface area (Å²) >= 11 is 0. The SMILES string of the molecule is Cc1cccc(N2CCN(Cc3cccnc3)[C@H](C)C2)n1. The molecule has 3 heterocycles. The van der Waals surface area contributed by atoms with Gasteiger partial charge in [-0.25, -0.2) is 4.98 Å². The zero-order valence-electron chi connectivity index (χ0n) is 12.7. The molecule has 0 radical (unpaired) electrons. The summed E-state index contributed by atoms with van der Waals surface area (Å²) in [5.41, 5.74) is 2.37. The third-order valence-electron chi connectivity index (χ3n) is 4.07. The molecule has 110 valence electrons. The van der Waals surface area contributed by atoms with E-state index in [9.17, 15) is 0 Å². The molecule has 0 bridgehead atoms. The fourth-order valence-corrected chi connectivity index (χ4v) is 2.87. The summed E-state index contributed by atoms with van der Waals surface area (Å²) in [5, 5.41) is 0. The van der Waals surface area contributed by atoms with Gasteiger partial charge in [-0.05, 0) is 37.6 Å². The number of piperazine rings is 1. The third kappa shape index (κ3) is 3.39. The molecule has 1 atom stereocenters. The van der Waals surface area contributed by atoms with Gasteiger partial charge in [0.15, 0.2) is 0 Å². The molecule has 0 N–H and O–H groups in total. The second-order valence-electron chi connectivity index (χ2n) is 5.76. The Morgan fingerprint density at radius 1 is 1.19 bits per heavy atom. The lowest BCUT2D eigenvalue weighted by atomic mass is 10.1. The summed E-state index contributed by atoms with van der Waals surface area (Å²) in [6, 6.07) is 10.9. The zero-order chi connectivity index (χ0) is 14.7. The highest BCUT2D eigenvalue weighted by atomic mass is 15.3. The minimum absolute atomic E-state index is 0.515. The minimum Gasteiger partial charge on any atom is -0.354 e. The normalized spacial score (nSPS) is 19.7. The highest BCUT2D eigenvalue weighted by Crippen LogP contribution is 2.18. The highest BCUT2D eigenvalue weighted by Gasteiger charge is 2.24. The monoisotopic (exact) mass is 282 g/mol. The Morgan fingerprint density at radius 3 is 2.81 bits per heavy atom. The van der Waals surface area contributed by atoms with Crippen LogP contribution in [0.2, 0.25) is 0 Å². The van der Waals surface area contributed by atoms with Gasteiger partial charge >= 0.3 is 0 Å². The van der Waals surface area contributed by atoms with Crippen molar-refractivity contribution in [3.05, 3.63) is 54.0 Å². The number of nitrogens with zero attached hydrogens (tertiary/aromatic N) is 4. The first-order chi connectivity index (χ1) is 10.2. The molecule has 1 aliphatic heterocycles. The van der Waals surface area contributed by atoms with Crippen molar-refractivity contribution < 1.29 is 0 Å². The minimum atomic E-state index is 0.515. The fourth-order valence-electron chi connectivity index (χ4n) is 2.87. The molecule has 1 fully saturated rings. The van der Waals surface area contributed by atoms with Gasteiger partial charge in [-0.15, -0.1) is 0 Å². The zero-order valence-corrected chi connectivity index (χ0v) is 12.7. The molecular weight excluding hydrogens is 260 g/mol. The lowest BCUT2D eigenvalue weighted by Gasteiger charge is -2.40. The van der Waals surface area contributed by atoms with Gasteiger partial charge in [-0.1, -0.05) is 12.1 Å². The van der Waals surface area contributed by atoms with Gasteiger partial charge in [0.25, 0.3) is 0 Å². The van der Waals surface area contributed by atoms with Crippen LogP contribution in [-0.4, -0.2) is 40.5 Å². The van der Waals surface area contributed by atoms with E-state index in [1.165, 1.54) is 5.56 Å². The van der Waals surface area contributed by atoms with Crippen LogP contribution in [0.3, 0.4) is 0 Å². The van der Waals surface area contributed by atoms with E-state index in [0.717, 1.165) is 37.7 Å². The maximum Gasteiger partial charge on any atom is 0.128 e. The Morgan fingerprint density at radius 2 is 2.10 bits per heavy atom. The quantitative estimate of drug-likeness (QED) is 0.866. The molecule has 4 heteroatoms. The summed E-state index contributed by atoms with van der Waals surface area (Å²) in [4.78, 5) is 13.7. The number of hydrogen-bond donors (Lipinski definition) is 0. The first kappa shape index (κ1) is 14.0. The third-order valence-corrected chi connectivity index (χ3v) is 4.07. The highest BCUT2D eigenvalue weighted by molar-refractivity contribution is 5.40. The van der Waals surface area contributed by atoms with Crippen molar-refractivity contribution in [2.45, 2.75) is 26.4 Å². The summed E-state index contributed by atoms with van der Waals surface area (Å²) in [7, 11) is 0. The summed E-state index contributed by atoms with van der Waals surface area (Å²) in [5.74, 6) is 1.10. The number of hydrogen-bond acceptors (Lipinski definition) is 4. The first-order valence-corrected chi connectivity index (χ1v) is 7.54. The van der Waals surface area contributed by atoms with Crippen molar-refractivity contribution in [2.24, 2.45) is 0 Å². The van der Waals surface area contributed by atoms with E-state index in [-0.39, 0.29) is 0 Å². The van der Waals surface area contributed by atoms with Gasteiger partial charge < -0.3 is 4.90 Å². The fraction of sp³-hybridized carbons (Fsp3) is 0.412. The van der Waals surface area contributed by atoms with Crippen molar-refractivity contribution in [3.63, 3.8) is 0 Å². The number of aryl methyl sites for hydroxylation is 1. The predicted molar refractivity (Wildman–Crippen MR) is 85.3 cm³/mol. The van der Waals surface area contributed by atoms with E-state index < -0.39 is 0 Å². The largest absolute Gasteiger partial charge is 0.354 e. The van der Waals surface area contributed by atoms with Crippen LogP contribution in [0.25, 0.3) is 0 Å². The standard InChI is InChI=1S/C17H22N4/c1-14-5-3-7-17(19-14)21-10-9-20(15(2)12-21)13-16-6-4-8-18-11-16/h3-8,11,15H,9-10,12-13H2,1-2H3/t15-/m1/s1. The molecule has 0 aliphatic carbocycles.